The number of hydrogen-bond acceptors (Lipinski definition) is 2. The largest absolute Gasteiger partial charge is 0.326 e. The molecule has 0 atom stereocenters. The summed E-state index contributed by atoms with van der Waals surface area (Å²) >= 11 is 0. The summed E-state index contributed by atoms with van der Waals surface area (Å²) in [6, 6.07) is 11.8. The van der Waals surface area contributed by atoms with E-state index in [4.69, 9.17) is 0 Å². The summed E-state index contributed by atoms with van der Waals surface area (Å²) in [7, 11) is 0. The zero-order valence-corrected chi connectivity index (χ0v) is 9.97. The number of carbonyl (C=O) groups is 1. The van der Waals surface area contributed by atoms with Crippen LogP contribution in [0.5, 0.6) is 0 Å². The maximum Gasteiger partial charge on any atom is 0.227 e. The van der Waals surface area contributed by atoms with Crippen molar-refractivity contribution in [3.8, 4) is 11.1 Å². The van der Waals surface area contributed by atoms with Crippen LogP contribution in [0.1, 0.15) is 12.8 Å². The van der Waals surface area contributed by atoms with E-state index in [1.807, 2.05) is 42.6 Å². The predicted octanol–water partition coefficient (Wildman–Crippen LogP) is 3.10. The molecule has 1 aliphatic rings. The maximum absolute atomic E-state index is 11.7. The first-order valence-electron chi connectivity index (χ1n) is 6.14. The number of nitrogens with one attached hydrogen (secondary N) is 1. The second-order valence-electron chi connectivity index (χ2n) is 4.59. The Bertz CT molecular complexity index is 562. The molecule has 3 heteroatoms. The van der Waals surface area contributed by atoms with Gasteiger partial charge in [0.2, 0.25) is 5.91 Å². The van der Waals surface area contributed by atoms with Crippen molar-refractivity contribution in [1.82, 2.24) is 4.98 Å². The number of hydrogen-bond donors (Lipinski definition) is 1. The normalized spacial score (nSPS) is 14.2. The lowest BCUT2D eigenvalue weighted by molar-refractivity contribution is -0.117. The average Bonchev–Trinajstić information content (AvgIpc) is 3.24. The van der Waals surface area contributed by atoms with Crippen molar-refractivity contribution in [2.45, 2.75) is 12.8 Å². The van der Waals surface area contributed by atoms with E-state index in [9.17, 15) is 4.79 Å². The molecule has 18 heavy (non-hydrogen) atoms. The molecular weight excluding hydrogens is 224 g/mol. The fourth-order valence-corrected chi connectivity index (χ4v) is 1.90. The van der Waals surface area contributed by atoms with Gasteiger partial charge in [0.05, 0.1) is 0 Å². The van der Waals surface area contributed by atoms with Crippen molar-refractivity contribution in [2.24, 2.45) is 5.92 Å². The highest BCUT2D eigenvalue weighted by Gasteiger charge is 2.29. The number of nitrogens with zero attached hydrogens (tertiary/aromatic N) is 1. The summed E-state index contributed by atoms with van der Waals surface area (Å²) in [5, 5.41) is 2.95. The molecule has 1 amide bonds. The van der Waals surface area contributed by atoms with Crippen LogP contribution in [-0.2, 0) is 4.79 Å². The van der Waals surface area contributed by atoms with Gasteiger partial charge in [-0.05, 0) is 36.6 Å². The third-order valence-corrected chi connectivity index (χ3v) is 3.07. The lowest BCUT2D eigenvalue weighted by Gasteiger charge is -2.06. The molecule has 1 aromatic heterocycles. The smallest absolute Gasteiger partial charge is 0.227 e. The van der Waals surface area contributed by atoms with Gasteiger partial charge in [0.1, 0.15) is 0 Å². The minimum atomic E-state index is 0.137. The molecule has 0 unspecified atom stereocenters. The zero-order valence-electron chi connectivity index (χ0n) is 9.97. The topological polar surface area (TPSA) is 42.0 Å². The molecule has 1 fully saturated rings. The molecule has 0 spiro atoms. The van der Waals surface area contributed by atoms with Gasteiger partial charge in [-0.3, -0.25) is 9.78 Å². The van der Waals surface area contributed by atoms with Gasteiger partial charge < -0.3 is 5.32 Å². The summed E-state index contributed by atoms with van der Waals surface area (Å²) in [6.07, 6.45) is 5.62. The van der Waals surface area contributed by atoms with Gasteiger partial charge in [-0.25, -0.2) is 0 Å². The Balaban J connectivity index is 1.82. The van der Waals surface area contributed by atoms with Gasteiger partial charge >= 0.3 is 0 Å². The first-order chi connectivity index (χ1) is 8.83. The highest BCUT2D eigenvalue weighted by molar-refractivity contribution is 5.94. The monoisotopic (exact) mass is 238 g/mol. The minimum absolute atomic E-state index is 0.137. The Kier molecular flexibility index (Phi) is 2.81. The maximum atomic E-state index is 11.7. The fourth-order valence-electron chi connectivity index (χ4n) is 1.90. The molecule has 90 valence electrons. The highest BCUT2D eigenvalue weighted by Crippen LogP contribution is 2.30. The molecule has 1 aromatic carbocycles. The number of amides is 1. The number of pyridine rings is 1. The van der Waals surface area contributed by atoms with Crippen molar-refractivity contribution in [3.05, 3.63) is 48.8 Å². The van der Waals surface area contributed by atoms with Crippen LogP contribution < -0.4 is 5.32 Å². The predicted molar refractivity (Wildman–Crippen MR) is 71.0 cm³/mol. The summed E-state index contributed by atoms with van der Waals surface area (Å²) in [4.78, 5) is 15.8. The molecule has 1 aliphatic carbocycles. The van der Waals surface area contributed by atoms with Gasteiger partial charge in [-0.2, -0.15) is 0 Å². The van der Waals surface area contributed by atoms with Gasteiger partial charge in [-0.15, -0.1) is 0 Å². The van der Waals surface area contributed by atoms with Crippen LogP contribution in [0.3, 0.4) is 0 Å². The van der Waals surface area contributed by atoms with Crippen LogP contribution in [0.15, 0.2) is 48.8 Å². The van der Waals surface area contributed by atoms with Crippen molar-refractivity contribution >= 4 is 11.6 Å². The standard InChI is InChI=1S/C15H14N2O/c18-15(11-6-7-11)17-14-5-1-3-12(9-14)13-4-2-8-16-10-13/h1-5,8-11H,6-7H2,(H,17,18). The summed E-state index contributed by atoms with van der Waals surface area (Å²) in [5.41, 5.74) is 2.98. The van der Waals surface area contributed by atoms with E-state index in [1.165, 1.54) is 0 Å². The minimum Gasteiger partial charge on any atom is -0.326 e. The first kappa shape index (κ1) is 11.0. The quantitative estimate of drug-likeness (QED) is 0.892. The number of anilines is 1. The Morgan fingerprint density at radius 3 is 2.72 bits per heavy atom. The Hall–Kier alpha value is -2.16. The fraction of sp³-hybridized carbons (Fsp3) is 0.200. The highest BCUT2D eigenvalue weighted by atomic mass is 16.2. The lowest BCUT2D eigenvalue weighted by atomic mass is 10.1. The van der Waals surface area contributed by atoms with E-state index < -0.39 is 0 Å². The number of aromatic nitrogens is 1. The number of rotatable bonds is 3. The Morgan fingerprint density at radius 1 is 1.17 bits per heavy atom. The third kappa shape index (κ3) is 2.40. The van der Waals surface area contributed by atoms with E-state index in [2.05, 4.69) is 10.3 Å². The molecule has 0 saturated heterocycles. The second-order valence-corrected chi connectivity index (χ2v) is 4.59. The van der Waals surface area contributed by atoms with Crippen molar-refractivity contribution in [3.63, 3.8) is 0 Å². The Morgan fingerprint density at radius 2 is 2.00 bits per heavy atom. The van der Waals surface area contributed by atoms with Gasteiger partial charge in [0.15, 0.2) is 0 Å². The number of carbonyl (C=O) groups excluding carboxylic acids is 1. The van der Waals surface area contributed by atoms with E-state index in [0.717, 1.165) is 29.7 Å². The molecule has 0 bridgehead atoms. The summed E-state index contributed by atoms with van der Waals surface area (Å²) < 4.78 is 0. The zero-order chi connectivity index (χ0) is 12.4. The second kappa shape index (κ2) is 4.61. The van der Waals surface area contributed by atoms with Crippen LogP contribution in [0.4, 0.5) is 5.69 Å². The molecule has 0 radical (unpaired) electrons. The van der Waals surface area contributed by atoms with Crippen LogP contribution in [0.25, 0.3) is 11.1 Å². The first-order valence-corrected chi connectivity index (χ1v) is 6.14. The molecule has 1 saturated carbocycles. The van der Waals surface area contributed by atoms with E-state index in [-0.39, 0.29) is 11.8 Å². The SMILES string of the molecule is O=C(Nc1cccc(-c2cccnc2)c1)C1CC1. The van der Waals surface area contributed by atoms with E-state index >= 15 is 0 Å². The lowest BCUT2D eigenvalue weighted by Crippen LogP contribution is -2.13. The Labute approximate surface area is 106 Å². The number of benzene rings is 1. The molecule has 0 aliphatic heterocycles. The molecule has 1 N–H and O–H groups in total. The molecule has 3 nitrogen and oxygen atoms in total. The van der Waals surface area contributed by atoms with Crippen molar-refractivity contribution < 1.29 is 4.79 Å². The average molecular weight is 238 g/mol. The summed E-state index contributed by atoms with van der Waals surface area (Å²) in [6.45, 7) is 0. The third-order valence-electron chi connectivity index (χ3n) is 3.07. The molecule has 2 aromatic rings. The van der Waals surface area contributed by atoms with Crippen molar-refractivity contribution in [2.75, 3.05) is 5.32 Å². The van der Waals surface area contributed by atoms with Crippen LogP contribution in [0, 0.1) is 5.92 Å². The van der Waals surface area contributed by atoms with Gasteiger partial charge in [-0.1, -0.05) is 18.2 Å². The van der Waals surface area contributed by atoms with Gasteiger partial charge in [0.25, 0.3) is 0 Å². The van der Waals surface area contributed by atoms with Crippen LogP contribution in [-0.4, -0.2) is 10.9 Å². The molecule has 3 rings (SSSR count). The van der Waals surface area contributed by atoms with Crippen molar-refractivity contribution in [1.29, 1.82) is 0 Å². The molecule has 1 heterocycles. The summed E-state index contributed by atoms with van der Waals surface area (Å²) in [5.74, 6) is 0.366. The van der Waals surface area contributed by atoms with Crippen LogP contribution in [0.2, 0.25) is 0 Å². The van der Waals surface area contributed by atoms with E-state index in [0.29, 0.717) is 0 Å². The molecular formula is C15H14N2O. The van der Waals surface area contributed by atoms with Crippen LogP contribution >= 0.6 is 0 Å². The van der Waals surface area contributed by atoms with E-state index in [1.54, 1.807) is 6.20 Å². The van der Waals surface area contributed by atoms with Gasteiger partial charge in [0, 0.05) is 29.6 Å².